The summed E-state index contributed by atoms with van der Waals surface area (Å²) in [6.07, 6.45) is -0.321. The van der Waals surface area contributed by atoms with E-state index in [9.17, 15) is 4.79 Å². The smallest absolute Gasteiger partial charge is 0.178 e. The van der Waals surface area contributed by atoms with Crippen LogP contribution in [0.5, 0.6) is 17.2 Å². The molecular weight excluding hydrogens is 352 g/mol. The van der Waals surface area contributed by atoms with Gasteiger partial charge in [0.1, 0.15) is 36.6 Å². The van der Waals surface area contributed by atoms with Crippen LogP contribution in [0, 0.1) is 6.92 Å². The third kappa shape index (κ3) is 2.91. The van der Waals surface area contributed by atoms with Crippen molar-refractivity contribution in [2.24, 2.45) is 0 Å². The number of ketones is 1. The van der Waals surface area contributed by atoms with Gasteiger partial charge in [-0.1, -0.05) is 48.0 Å². The molecule has 2 heterocycles. The number of Topliss-reactive ketones (excluding diaryl/α,β-unsaturated/α-hetero) is 1. The lowest BCUT2D eigenvalue weighted by Crippen LogP contribution is -2.43. The molecule has 0 radical (unpaired) electrons. The lowest BCUT2D eigenvalue weighted by molar-refractivity contribution is 0.0559. The quantitative estimate of drug-likeness (QED) is 0.669. The molecule has 0 aromatic heterocycles. The Kier molecular flexibility index (Phi) is 4.05. The molecule has 0 saturated heterocycles. The van der Waals surface area contributed by atoms with E-state index in [4.69, 9.17) is 14.2 Å². The fourth-order valence-corrected chi connectivity index (χ4v) is 3.89. The van der Waals surface area contributed by atoms with E-state index in [1.807, 2.05) is 61.5 Å². The van der Waals surface area contributed by atoms with Crippen molar-refractivity contribution in [3.8, 4) is 17.2 Å². The van der Waals surface area contributed by atoms with Crippen LogP contribution < -0.4 is 14.2 Å². The van der Waals surface area contributed by atoms with Crippen LogP contribution in [-0.4, -0.2) is 18.5 Å². The summed E-state index contributed by atoms with van der Waals surface area (Å²) < 4.78 is 17.9. The lowest BCUT2D eigenvalue weighted by Gasteiger charge is -2.37. The minimum absolute atomic E-state index is 0.0796. The van der Waals surface area contributed by atoms with Crippen molar-refractivity contribution in [3.63, 3.8) is 0 Å². The Hall–Kier alpha value is -3.27. The van der Waals surface area contributed by atoms with Gasteiger partial charge in [0.05, 0.1) is 11.5 Å². The number of carbonyl (C=O) groups is 1. The summed E-state index contributed by atoms with van der Waals surface area (Å²) in [4.78, 5) is 13.2. The molecular formula is C24H20O4. The molecule has 0 unspecified atom stereocenters. The number of fused-ring (bicyclic) bond motifs is 4. The lowest BCUT2D eigenvalue weighted by atomic mass is 9.81. The Bertz CT molecular complexity index is 1040. The van der Waals surface area contributed by atoms with Gasteiger partial charge < -0.3 is 14.2 Å². The molecule has 2 atom stereocenters. The molecule has 0 bridgehead atoms. The topological polar surface area (TPSA) is 44.8 Å². The fourth-order valence-electron chi connectivity index (χ4n) is 3.89. The van der Waals surface area contributed by atoms with Crippen LogP contribution in [0.4, 0.5) is 0 Å². The van der Waals surface area contributed by atoms with Gasteiger partial charge in [0, 0.05) is 11.6 Å². The van der Waals surface area contributed by atoms with Crippen molar-refractivity contribution in [1.82, 2.24) is 0 Å². The number of hydrogen-bond donors (Lipinski definition) is 0. The molecule has 3 aromatic rings. The van der Waals surface area contributed by atoms with Crippen LogP contribution in [0.3, 0.4) is 0 Å². The highest BCUT2D eigenvalue weighted by atomic mass is 16.5. The monoisotopic (exact) mass is 372 g/mol. The normalized spacial score (nSPS) is 19.5. The number of rotatable bonds is 3. The SMILES string of the molecule is Cc1ccc2c(c1)[C@@H]1C(=O)c3ccc(OCc4ccccc4)cc3O[C@@H]1CO2. The van der Waals surface area contributed by atoms with Crippen LogP contribution in [-0.2, 0) is 6.61 Å². The van der Waals surface area contributed by atoms with Gasteiger partial charge in [-0.15, -0.1) is 0 Å². The van der Waals surface area contributed by atoms with Crippen molar-refractivity contribution in [1.29, 1.82) is 0 Å². The summed E-state index contributed by atoms with van der Waals surface area (Å²) in [6, 6.07) is 21.4. The number of aryl methyl sites for hydroxylation is 1. The highest BCUT2D eigenvalue weighted by molar-refractivity contribution is 6.05. The van der Waals surface area contributed by atoms with E-state index in [0.717, 1.165) is 22.4 Å². The molecule has 3 aromatic carbocycles. The maximum Gasteiger partial charge on any atom is 0.178 e. The first kappa shape index (κ1) is 16.9. The van der Waals surface area contributed by atoms with Gasteiger partial charge in [-0.25, -0.2) is 0 Å². The van der Waals surface area contributed by atoms with Crippen LogP contribution in [0.15, 0.2) is 66.7 Å². The number of hydrogen-bond acceptors (Lipinski definition) is 4. The summed E-state index contributed by atoms with van der Waals surface area (Å²) in [6.45, 7) is 2.85. The van der Waals surface area contributed by atoms with E-state index in [-0.39, 0.29) is 17.8 Å². The minimum Gasteiger partial charge on any atom is -0.489 e. The summed E-state index contributed by atoms with van der Waals surface area (Å²) >= 11 is 0. The van der Waals surface area contributed by atoms with Gasteiger partial charge in [-0.2, -0.15) is 0 Å². The number of carbonyl (C=O) groups excluding carboxylic acids is 1. The Morgan fingerprint density at radius 3 is 2.71 bits per heavy atom. The predicted molar refractivity (Wildman–Crippen MR) is 105 cm³/mol. The van der Waals surface area contributed by atoms with Gasteiger partial charge in [-0.3, -0.25) is 4.79 Å². The molecule has 28 heavy (non-hydrogen) atoms. The average molecular weight is 372 g/mol. The zero-order valence-electron chi connectivity index (χ0n) is 15.6. The Labute approximate surface area is 163 Å². The molecule has 4 heteroatoms. The maximum absolute atomic E-state index is 13.2. The predicted octanol–water partition coefficient (Wildman–Crippen LogP) is 4.69. The Morgan fingerprint density at radius 1 is 1.00 bits per heavy atom. The maximum atomic E-state index is 13.2. The molecule has 0 N–H and O–H groups in total. The molecule has 0 amide bonds. The molecule has 0 spiro atoms. The van der Waals surface area contributed by atoms with Crippen LogP contribution in [0.25, 0.3) is 0 Å². The van der Waals surface area contributed by atoms with E-state index < -0.39 is 0 Å². The number of ether oxygens (including phenoxy) is 3. The van der Waals surface area contributed by atoms with Gasteiger partial charge in [-0.05, 0) is 30.7 Å². The highest BCUT2D eigenvalue weighted by Crippen LogP contribution is 2.43. The summed E-state index contributed by atoms with van der Waals surface area (Å²) in [5.74, 6) is 1.77. The van der Waals surface area contributed by atoms with E-state index in [1.54, 1.807) is 12.1 Å². The molecule has 0 saturated carbocycles. The molecule has 5 rings (SSSR count). The second-order valence-electron chi connectivity index (χ2n) is 7.28. The van der Waals surface area contributed by atoms with Crippen molar-refractivity contribution in [3.05, 3.63) is 89.0 Å². The average Bonchev–Trinajstić information content (AvgIpc) is 2.72. The van der Waals surface area contributed by atoms with Gasteiger partial charge in [0.25, 0.3) is 0 Å². The van der Waals surface area contributed by atoms with Crippen molar-refractivity contribution in [2.45, 2.75) is 25.6 Å². The third-order valence-electron chi connectivity index (χ3n) is 5.30. The van der Waals surface area contributed by atoms with Crippen molar-refractivity contribution in [2.75, 3.05) is 6.61 Å². The van der Waals surface area contributed by atoms with Gasteiger partial charge in [0.15, 0.2) is 5.78 Å². The summed E-state index contributed by atoms with van der Waals surface area (Å²) in [5, 5.41) is 0. The van der Waals surface area contributed by atoms with E-state index in [1.165, 1.54) is 0 Å². The van der Waals surface area contributed by atoms with Crippen LogP contribution in [0.2, 0.25) is 0 Å². The zero-order chi connectivity index (χ0) is 19.1. The fraction of sp³-hybridized carbons (Fsp3) is 0.208. The van der Waals surface area contributed by atoms with Crippen molar-refractivity contribution < 1.29 is 19.0 Å². The zero-order valence-corrected chi connectivity index (χ0v) is 15.6. The molecule has 0 aliphatic carbocycles. The summed E-state index contributed by atoms with van der Waals surface area (Å²) in [5.41, 5.74) is 3.70. The molecule has 0 fully saturated rings. The van der Waals surface area contributed by atoms with Crippen molar-refractivity contribution >= 4 is 5.78 Å². The van der Waals surface area contributed by atoms with Gasteiger partial charge >= 0.3 is 0 Å². The van der Waals surface area contributed by atoms with Gasteiger partial charge in [0.2, 0.25) is 0 Å². The van der Waals surface area contributed by atoms with E-state index >= 15 is 0 Å². The summed E-state index contributed by atoms with van der Waals surface area (Å²) in [7, 11) is 0. The second kappa shape index (κ2) is 6.71. The van der Waals surface area contributed by atoms with E-state index in [2.05, 4.69) is 0 Å². The first-order valence-electron chi connectivity index (χ1n) is 9.44. The molecule has 140 valence electrons. The first-order chi connectivity index (χ1) is 13.7. The second-order valence-corrected chi connectivity index (χ2v) is 7.28. The molecule has 2 aliphatic heterocycles. The Morgan fingerprint density at radius 2 is 1.86 bits per heavy atom. The minimum atomic E-state index is -0.327. The van der Waals surface area contributed by atoms with Crippen LogP contribution >= 0.6 is 0 Å². The largest absolute Gasteiger partial charge is 0.489 e. The molecule has 4 nitrogen and oxygen atoms in total. The standard InChI is InChI=1S/C24H20O4/c1-15-7-10-20-19(11-15)23-22(14-27-20)28-21-12-17(8-9-18(21)24(23)25)26-13-16-5-3-2-4-6-16/h2-12,22-23H,13-14H2,1H3/t22-,23+/m1/s1. The molecule has 2 aliphatic rings. The first-order valence-corrected chi connectivity index (χ1v) is 9.44. The van der Waals surface area contributed by atoms with E-state index in [0.29, 0.717) is 30.3 Å². The Balaban J connectivity index is 1.43. The third-order valence-corrected chi connectivity index (χ3v) is 5.30. The highest BCUT2D eigenvalue weighted by Gasteiger charge is 2.42. The van der Waals surface area contributed by atoms with Crippen LogP contribution in [0.1, 0.15) is 33.0 Å². The number of benzene rings is 3.